The minimum absolute atomic E-state index is 0.0346. The number of aliphatic carboxylic acids is 1. The molecule has 90 valence electrons. The summed E-state index contributed by atoms with van der Waals surface area (Å²) in [6.07, 6.45) is 1.19. The van der Waals surface area contributed by atoms with Gasteiger partial charge in [0.2, 0.25) is 9.84 Å². The number of hydrogen-bond acceptors (Lipinski definition) is 4. The van der Waals surface area contributed by atoms with Gasteiger partial charge in [0.15, 0.2) is 0 Å². The van der Waals surface area contributed by atoms with Crippen molar-refractivity contribution in [3.8, 4) is 5.75 Å². The van der Waals surface area contributed by atoms with E-state index in [4.69, 9.17) is 5.11 Å². The van der Waals surface area contributed by atoms with Crippen LogP contribution in [0.25, 0.3) is 6.08 Å². The number of carbonyl (C=O) groups is 1. The highest BCUT2D eigenvalue weighted by molar-refractivity contribution is 7.95. The number of hydrogen-bond donors (Lipinski definition) is 2. The van der Waals surface area contributed by atoms with E-state index in [0.29, 0.717) is 5.56 Å². The molecule has 1 aromatic carbocycles. The Bertz CT molecular complexity index is 613. The van der Waals surface area contributed by atoms with Crippen molar-refractivity contribution in [3.63, 3.8) is 0 Å². The lowest BCUT2D eigenvalue weighted by Gasteiger charge is -2.02. The standard InChI is InChI=1S/C11H10O5S/c12-8-2-1-7-5-9(3-4-11(13)14)17(15,16)10(7)6-8/h1-2,5-6,12H,3-4H2,(H,13,14). The summed E-state index contributed by atoms with van der Waals surface area (Å²) in [6.45, 7) is 0. The van der Waals surface area contributed by atoms with Crippen molar-refractivity contribution in [2.24, 2.45) is 0 Å². The molecule has 6 heteroatoms. The Morgan fingerprint density at radius 2 is 2.00 bits per heavy atom. The zero-order chi connectivity index (χ0) is 12.6. The van der Waals surface area contributed by atoms with Crippen molar-refractivity contribution < 1.29 is 23.4 Å². The molecule has 0 fully saturated rings. The third kappa shape index (κ3) is 2.03. The van der Waals surface area contributed by atoms with Gasteiger partial charge in [0.05, 0.1) is 16.2 Å². The van der Waals surface area contributed by atoms with E-state index in [9.17, 15) is 18.3 Å². The van der Waals surface area contributed by atoms with Gasteiger partial charge in [-0.15, -0.1) is 0 Å². The summed E-state index contributed by atoms with van der Waals surface area (Å²) in [6, 6.07) is 4.07. The van der Waals surface area contributed by atoms with E-state index in [2.05, 4.69) is 0 Å². The first kappa shape index (κ1) is 11.7. The summed E-state index contributed by atoms with van der Waals surface area (Å²) in [4.78, 5) is 10.6. The van der Waals surface area contributed by atoms with E-state index in [1.165, 1.54) is 24.3 Å². The van der Waals surface area contributed by atoms with Crippen molar-refractivity contribution in [1.29, 1.82) is 0 Å². The summed E-state index contributed by atoms with van der Waals surface area (Å²) in [5.74, 6) is -1.17. The molecule has 17 heavy (non-hydrogen) atoms. The van der Waals surface area contributed by atoms with Gasteiger partial charge in [0, 0.05) is 0 Å². The molecule has 0 atom stereocenters. The molecular formula is C11H10O5S. The van der Waals surface area contributed by atoms with E-state index in [-0.39, 0.29) is 28.4 Å². The Kier molecular flexibility index (Phi) is 2.66. The Morgan fingerprint density at radius 1 is 1.29 bits per heavy atom. The van der Waals surface area contributed by atoms with Gasteiger partial charge >= 0.3 is 5.97 Å². The largest absolute Gasteiger partial charge is 0.508 e. The molecule has 0 amide bonds. The number of aromatic hydroxyl groups is 1. The first-order chi connectivity index (χ1) is 7.91. The Balaban J connectivity index is 2.39. The Labute approximate surface area is 97.9 Å². The monoisotopic (exact) mass is 254 g/mol. The number of fused-ring (bicyclic) bond motifs is 1. The van der Waals surface area contributed by atoms with Crippen LogP contribution in [0.15, 0.2) is 28.0 Å². The minimum atomic E-state index is -3.63. The topological polar surface area (TPSA) is 91.7 Å². The summed E-state index contributed by atoms with van der Waals surface area (Å²) >= 11 is 0. The molecule has 0 aliphatic carbocycles. The number of carboxylic acids is 1. The van der Waals surface area contributed by atoms with Crippen molar-refractivity contribution in [1.82, 2.24) is 0 Å². The lowest BCUT2D eigenvalue weighted by Crippen LogP contribution is -2.03. The molecule has 0 spiro atoms. The quantitative estimate of drug-likeness (QED) is 0.850. The highest BCUT2D eigenvalue weighted by atomic mass is 32.2. The highest BCUT2D eigenvalue weighted by Gasteiger charge is 2.29. The van der Waals surface area contributed by atoms with Crippen molar-refractivity contribution in [3.05, 3.63) is 28.7 Å². The van der Waals surface area contributed by atoms with Gasteiger partial charge in [-0.05, 0) is 36.3 Å². The van der Waals surface area contributed by atoms with E-state index in [1.54, 1.807) is 0 Å². The van der Waals surface area contributed by atoms with Crippen LogP contribution in [0.3, 0.4) is 0 Å². The molecule has 1 heterocycles. The smallest absolute Gasteiger partial charge is 0.303 e. The van der Waals surface area contributed by atoms with E-state index in [0.717, 1.165) is 0 Å². The SMILES string of the molecule is O=C(O)CCC1=Cc2ccc(O)cc2S1(=O)=O. The predicted octanol–water partition coefficient (Wildman–Crippen LogP) is 1.39. The van der Waals surface area contributed by atoms with Crippen LogP contribution in [0, 0.1) is 0 Å². The van der Waals surface area contributed by atoms with Crippen LogP contribution in [-0.2, 0) is 14.6 Å². The van der Waals surface area contributed by atoms with Crippen LogP contribution in [0.2, 0.25) is 0 Å². The third-order valence-electron chi connectivity index (χ3n) is 2.53. The first-order valence-corrected chi connectivity index (χ1v) is 6.40. The molecule has 2 rings (SSSR count). The zero-order valence-electron chi connectivity index (χ0n) is 8.75. The van der Waals surface area contributed by atoms with Gasteiger partial charge in [0.25, 0.3) is 0 Å². The average Bonchev–Trinajstić information content (AvgIpc) is 2.48. The summed E-state index contributed by atoms with van der Waals surface area (Å²) in [5, 5.41) is 17.8. The van der Waals surface area contributed by atoms with Crippen molar-refractivity contribution >= 4 is 21.9 Å². The molecule has 0 saturated carbocycles. The highest BCUT2D eigenvalue weighted by Crippen LogP contribution is 2.36. The normalized spacial score (nSPS) is 16.4. The number of benzene rings is 1. The lowest BCUT2D eigenvalue weighted by molar-refractivity contribution is -0.136. The van der Waals surface area contributed by atoms with Crippen LogP contribution < -0.4 is 0 Å². The lowest BCUT2D eigenvalue weighted by atomic mass is 10.2. The second-order valence-electron chi connectivity index (χ2n) is 3.73. The van der Waals surface area contributed by atoms with Crippen LogP contribution in [-0.4, -0.2) is 24.6 Å². The maximum absolute atomic E-state index is 12.0. The van der Waals surface area contributed by atoms with Crippen LogP contribution >= 0.6 is 0 Å². The minimum Gasteiger partial charge on any atom is -0.508 e. The van der Waals surface area contributed by atoms with Gasteiger partial charge in [0.1, 0.15) is 5.75 Å². The molecule has 0 radical (unpaired) electrons. The van der Waals surface area contributed by atoms with E-state index < -0.39 is 15.8 Å². The number of sulfone groups is 1. The summed E-state index contributed by atoms with van der Waals surface area (Å²) in [7, 11) is -3.63. The van der Waals surface area contributed by atoms with Crippen molar-refractivity contribution in [2.75, 3.05) is 0 Å². The molecule has 1 aliphatic rings. The first-order valence-electron chi connectivity index (χ1n) is 4.92. The fourth-order valence-corrected chi connectivity index (χ4v) is 3.35. The number of phenols is 1. The van der Waals surface area contributed by atoms with E-state index >= 15 is 0 Å². The average molecular weight is 254 g/mol. The molecule has 0 aromatic heterocycles. The number of rotatable bonds is 3. The number of allylic oxidation sites excluding steroid dienone is 1. The zero-order valence-corrected chi connectivity index (χ0v) is 9.57. The van der Waals surface area contributed by atoms with Crippen LogP contribution in [0.5, 0.6) is 5.75 Å². The van der Waals surface area contributed by atoms with E-state index in [1.807, 2.05) is 0 Å². The molecule has 2 N–H and O–H groups in total. The van der Waals surface area contributed by atoms with Gasteiger partial charge in [-0.2, -0.15) is 0 Å². The molecular weight excluding hydrogens is 244 g/mol. The fourth-order valence-electron chi connectivity index (χ4n) is 1.70. The van der Waals surface area contributed by atoms with Crippen LogP contribution in [0.4, 0.5) is 0 Å². The fraction of sp³-hybridized carbons (Fsp3) is 0.182. The third-order valence-corrected chi connectivity index (χ3v) is 4.48. The molecule has 1 aromatic rings. The van der Waals surface area contributed by atoms with Gasteiger partial charge in [-0.1, -0.05) is 0 Å². The van der Waals surface area contributed by atoms with Gasteiger partial charge in [-0.3, -0.25) is 4.79 Å². The molecule has 5 nitrogen and oxygen atoms in total. The maximum Gasteiger partial charge on any atom is 0.303 e. The van der Waals surface area contributed by atoms with Gasteiger partial charge < -0.3 is 10.2 Å². The Hall–Kier alpha value is -1.82. The molecule has 0 bridgehead atoms. The predicted molar refractivity (Wildman–Crippen MR) is 60.1 cm³/mol. The summed E-state index contributed by atoms with van der Waals surface area (Å²) in [5.41, 5.74) is 0.489. The Morgan fingerprint density at radius 3 is 2.65 bits per heavy atom. The molecule has 1 aliphatic heterocycles. The second kappa shape index (κ2) is 3.89. The molecule has 0 saturated heterocycles. The van der Waals surface area contributed by atoms with Gasteiger partial charge in [-0.25, -0.2) is 8.42 Å². The summed E-state index contributed by atoms with van der Waals surface area (Å²) < 4.78 is 24.0. The second-order valence-corrected chi connectivity index (χ2v) is 5.70. The number of carboxylic acid groups (broad SMARTS) is 1. The van der Waals surface area contributed by atoms with Crippen molar-refractivity contribution in [2.45, 2.75) is 17.7 Å². The number of phenolic OH excluding ortho intramolecular Hbond substituents is 1. The maximum atomic E-state index is 12.0. The van der Waals surface area contributed by atoms with Crippen LogP contribution in [0.1, 0.15) is 18.4 Å². The molecule has 0 unspecified atom stereocenters.